The summed E-state index contributed by atoms with van der Waals surface area (Å²) in [5.41, 5.74) is 4.24. The van der Waals surface area contributed by atoms with Crippen LogP contribution in [0, 0.1) is 0 Å². The zero-order valence-corrected chi connectivity index (χ0v) is 23.0. The number of aromatic nitrogens is 2. The average molecular weight is 566 g/mol. The van der Waals surface area contributed by atoms with Crippen molar-refractivity contribution < 1.29 is 24.2 Å². The van der Waals surface area contributed by atoms with E-state index in [1.807, 2.05) is 36.4 Å². The van der Waals surface area contributed by atoms with E-state index in [9.17, 15) is 14.7 Å². The number of halogens is 1. The van der Waals surface area contributed by atoms with Gasteiger partial charge in [0.25, 0.3) is 5.91 Å². The number of carbonyl (C=O) groups excluding carboxylic acids is 2. The molecule has 2 aromatic carbocycles. The van der Waals surface area contributed by atoms with E-state index < -0.39 is 6.04 Å². The molecular weight excluding hydrogens is 534 g/mol. The number of carbonyl (C=O) groups is 2. The number of fused-ring (bicyclic) bond motifs is 1. The highest BCUT2D eigenvalue weighted by molar-refractivity contribution is 6.33. The van der Waals surface area contributed by atoms with Crippen molar-refractivity contribution in [2.75, 3.05) is 38.8 Å². The smallest absolute Gasteiger partial charge is 0.254 e. The van der Waals surface area contributed by atoms with Gasteiger partial charge in [-0.25, -0.2) is 9.97 Å². The first-order chi connectivity index (χ1) is 19.4. The fraction of sp³-hybridized carbons (Fsp3) is 0.379. The summed E-state index contributed by atoms with van der Waals surface area (Å²) in [6, 6.07) is 12.6. The predicted octanol–water partition coefficient (Wildman–Crippen LogP) is 3.34. The van der Waals surface area contributed by atoms with Gasteiger partial charge < -0.3 is 30.1 Å². The summed E-state index contributed by atoms with van der Waals surface area (Å²) in [6.07, 6.45) is 3.30. The molecule has 1 atom stereocenters. The molecule has 0 radical (unpaired) electrons. The summed E-state index contributed by atoms with van der Waals surface area (Å²) >= 11 is 6.45. The summed E-state index contributed by atoms with van der Waals surface area (Å²) in [5, 5.41) is 16.5. The number of rotatable bonds is 10. The molecule has 2 amide bonds. The molecule has 0 spiro atoms. The lowest BCUT2D eigenvalue weighted by Gasteiger charge is -2.23. The molecule has 2 aliphatic heterocycles. The summed E-state index contributed by atoms with van der Waals surface area (Å²) < 4.78 is 10.6. The number of hydrogen-bond donors (Lipinski definition) is 3. The summed E-state index contributed by atoms with van der Waals surface area (Å²) in [6.45, 7) is 1.72. The SMILES string of the molecule is COCc1cccc(C(CO)NC(=O)CN2Cc3ccc(-c4nc(NC5CCOCC5)ncc4Cl)cc3C2=O)c1. The molecule has 210 valence electrons. The molecule has 1 aromatic heterocycles. The van der Waals surface area contributed by atoms with Gasteiger partial charge in [0.15, 0.2) is 0 Å². The number of methoxy groups -OCH3 is 1. The lowest BCUT2D eigenvalue weighted by molar-refractivity contribution is -0.122. The number of aliphatic hydroxyl groups is 1. The number of ether oxygens (including phenoxy) is 2. The first kappa shape index (κ1) is 28.0. The first-order valence-corrected chi connectivity index (χ1v) is 13.6. The van der Waals surface area contributed by atoms with Gasteiger partial charge in [-0.15, -0.1) is 0 Å². The minimum absolute atomic E-state index is 0.134. The molecule has 1 saturated heterocycles. The topological polar surface area (TPSA) is 126 Å². The molecule has 0 saturated carbocycles. The Morgan fingerprint density at radius 1 is 1.25 bits per heavy atom. The van der Waals surface area contributed by atoms with Crippen LogP contribution >= 0.6 is 11.6 Å². The van der Waals surface area contributed by atoms with Gasteiger partial charge in [0.05, 0.1) is 36.2 Å². The Balaban J connectivity index is 1.26. The number of nitrogens with one attached hydrogen (secondary N) is 2. The number of anilines is 1. The second-order valence-electron chi connectivity index (χ2n) is 9.94. The Morgan fingerprint density at radius 3 is 2.85 bits per heavy atom. The number of hydrogen-bond acceptors (Lipinski definition) is 8. The molecular formula is C29H32ClN5O5. The highest BCUT2D eigenvalue weighted by atomic mass is 35.5. The van der Waals surface area contributed by atoms with Crippen LogP contribution < -0.4 is 10.6 Å². The molecule has 2 aliphatic rings. The molecule has 10 nitrogen and oxygen atoms in total. The van der Waals surface area contributed by atoms with Crippen LogP contribution in [-0.2, 0) is 27.4 Å². The standard InChI is InChI=1S/C29H32ClN5O5/c1-39-17-18-3-2-4-19(11-18)25(16-36)33-26(37)15-35-14-21-6-5-20(12-23(21)28(35)38)27-24(30)13-31-29(34-27)32-22-7-9-40-10-8-22/h2-6,11-13,22,25,36H,7-10,14-17H2,1H3,(H,33,37)(H,31,32,34). The van der Waals surface area contributed by atoms with E-state index in [2.05, 4.69) is 20.6 Å². The van der Waals surface area contributed by atoms with Gasteiger partial charge in [-0.2, -0.15) is 0 Å². The minimum atomic E-state index is -0.597. The van der Waals surface area contributed by atoms with E-state index in [0.29, 0.717) is 54.2 Å². The maximum absolute atomic E-state index is 13.3. The Bertz CT molecular complexity index is 1380. The van der Waals surface area contributed by atoms with Crippen molar-refractivity contribution in [3.63, 3.8) is 0 Å². The molecule has 0 bridgehead atoms. The quantitative estimate of drug-likeness (QED) is 0.342. The van der Waals surface area contributed by atoms with Crippen molar-refractivity contribution in [1.82, 2.24) is 20.2 Å². The van der Waals surface area contributed by atoms with Crippen molar-refractivity contribution in [2.45, 2.75) is 38.1 Å². The van der Waals surface area contributed by atoms with Crippen molar-refractivity contribution in [3.8, 4) is 11.3 Å². The molecule has 40 heavy (non-hydrogen) atoms. The second-order valence-corrected chi connectivity index (χ2v) is 10.3. The summed E-state index contributed by atoms with van der Waals surface area (Å²) in [5.74, 6) is -0.136. The Hall–Kier alpha value is -3.57. The minimum Gasteiger partial charge on any atom is -0.394 e. The van der Waals surface area contributed by atoms with Crippen molar-refractivity contribution in [3.05, 3.63) is 75.9 Å². The van der Waals surface area contributed by atoms with Crippen LogP contribution in [-0.4, -0.2) is 71.3 Å². The van der Waals surface area contributed by atoms with Crippen molar-refractivity contribution >= 4 is 29.4 Å². The van der Waals surface area contributed by atoms with Crippen LogP contribution in [0.2, 0.25) is 5.02 Å². The molecule has 11 heteroatoms. The third kappa shape index (κ3) is 6.42. The average Bonchev–Trinajstić information content (AvgIpc) is 3.27. The maximum Gasteiger partial charge on any atom is 0.254 e. The Labute approximate surface area is 237 Å². The van der Waals surface area contributed by atoms with Gasteiger partial charge in [-0.3, -0.25) is 9.59 Å². The lowest BCUT2D eigenvalue weighted by Crippen LogP contribution is -2.40. The second kappa shape index (κ2) is 12.7. The monoisotopic (exact) mass is 565 g/mol. The van der Waals surface area contributed by atoms with Gasteiger partial charge >= 0.3 is 0 Å². The van der Waals surface area contributed by atoms with Crippen LogP contribution in [0.5, 0.6) is 0 Å². The molecule has 1 unspecified atom stereocenters. The van der Waals surface area contributed by atoms with Crippen LogP contribution in [0.15, 0.2) is 48.7 Å². The number of aliphatic hydroxyl groups excluding tert-OH is 1. The zero-order chi connectivity index (χ0) is 28.1. The van der Waals surface area contributed by atoms with Gasteiger partial charge in [0, 0.05) is 44.0 Å². The predicted molar refractivity (Wildman–Crippen MR) is 150 cm³/mol. The van der Waals surface area contributed by atoms with E-state index in [1.54, 1.807) is 19.4 Å². The summed E-state index contributed by atoms with van der Waals surface area (Å²) in [4.78, 5) is 36.6. The van der Waals surface area contributed by atoms with Crippen LogP contribution in [0.25, 0.3) is 11.3 Å². The molecule has 3 aromatic rings. The largest absolute Gasteiger partial charge is 0.394 e. The van der Waals surface area contributed by atoms with Crippen LogP contribution in [0.1, 0.15) is 45.9 Å². The molecule has 3 heterocycles. The number of nitrogens with zero attached hydrogens (tertiary/aromatic N) is 3. The Kier molecular flexibility index (Phi) is 8.91. The number of amides is 2. The van der Waals surface area contributed by atoms with Crippen LogP contribution in [0.3, 0.4) is 0 Å². The fourth-order valence-corrected chi connectivity index (χ4v) is 5.21. The highest BCUT2D eigenvalue weighted by Gasteiger charge is 2.30. The van der Waals surface area contributed by atoms with E-state index in [4.69, 9.17) is 21.1 Å². The van der Waals surface area contributed by atoms with Gasteiger partial charge in [0.2, 0.25) is 11.9 Å². The van der Waals surface area contributed by atoms with Gasteiger partial charge in [0.1, 0.15) is 6.54 Å². The van der Waals surface area contributed by atoms with Gasteiger partial charge in [-0.05, 0) is 35.6 Å². The number of benzene rings is 2. The van der Waals surface area contributed by atoms with E-state index in [1.165, 1.54) is 4.90 Å². The third-order valence-corrected chi connectivity index (χ3v) is 7.35. The molecule has 1 fully saturated rings. The molecule has 3 N–H and O–H groups in total. The molecule has 0 aliphatic carbocycles. The van der Waals surface area contributed by atoms with E-state index >= 15 is 0 Å². The van der Waals surface area contributed by atoms with Gasteiger partial charge in [-0.1, -0.05) is 48.0 Å². The molecule has 5 rings (SSSR count). The fourth-order valence-electron chi connectivity index (χ4n) is 5.01. The lowest BCUT2D eigenvalue weighted by atomic mass is 10.0. The highest BCUT2D eigenvalue weighted by Crippen LogP contribution is 2.31. The van der Waals surface area contributed by atoms with Crippen LogP contribution in [0.4, 0.5) is 5.95 Å². The third-order valence-electron chi connectivity index (χ3n) is 7.08. The van der Waals surface area contributed by atoms with E-state index in [0.717, 1.165) is 29.5 Å². The van der Waals surface area contributed by atoms with E-state index in [-0.39, 0.29) is 31.0 Å². The normalized spacial score (nSPS) is 16.1. The maximum atomic E-state index is 13.3. The van der Waals surface area contributed by atoms with Crippen molar-refractivity contribution in [1.29, 1.82) is 0 Å². The zero-order valence-electron chi connectivity index (χ0n) is 22.2. The summed E-state index contributed by atoms with van der Waals surface area (Å²) in [7, 11) is 1.61. The first-order valence-electron chi connectivity index (χ1n) is 13.2. The van der Waals surface area contributed by atoms with Crippen molar-refractivity contribution in [2.24, 2.45) is 0 Å². The Morgan fingerprint density at radius 2 is 2.08 bits per heavy atom.